The van der Waals surface area contributed by atoms with Crippen LogP contribution in [0, 0.1) is 0 Å². The van der Waals surface area contributed by atoms with E-state index < -0.39 is 11.7 Å². The van der Waals surface area contributed by atoms with E-state index >= 15 is 0 Å². The van der Waals surface area contributed by atoms with Gasteiger partial charge in [0.1, 0.15) is 0 Å². The van der Waals surface area contributed by atoms with Gasteiger partial charge >= 0.3 is 5.97 Å². The zero-order chi connectivity index (χ0) is 12.6. The van der Waals surface area contributed by atoms with Gasteiger partial charge in [-0.2, -0.15) is 0 Å². The average Bonchev–Trinajstić information content (AvgIpc) is 2.77. The van der Waals surface area contributed by atoms with Crippen molar-refractivity contribution in [1.29, 1.82) is 0 Å². The Morgan fingerprint density at radius 2 is 2.18 bits per heavy atom. The highest BCUT2D eigenvalue weighted by molar-refractivity contribution is 7.18. The van der Waals surface area contributed by atoms with E-state index in [0.717, 1.165) is 17.4 Å². The number of thiophene rings is 1. The molecular weight excluding hydrogens is 244 g/mol. The van der Waals surface area contributed by atoms with E-state index in [1.807, 2.05) is 0 Å². The van der Waals surface area contributed by atoms with Crippen molar-refractivity contribution in [2.45, 2.75) is 0 Å². The van der Waals surface area contributed by atoms with E-state index in [4.69, 9.17) is 0 Å². The Kier molecular flexibility index (Phi) is 2.72. The molecule has 17 heavy (non-hydrogen) atoms. The SMILES string of the molecule is COC(=O)c1csc2c(O)c(O)cc(C=O)c12. The summed E-state index contributed by atoms with van der Waals surface area (Å²) >= 11 is 1.06. The summed E-state index contributed by atoms with van der Waals surface area (Å²) in [4.78, 5) is 22.4. The van der Waals surface area contributed by atoms with Crippen LogP contribution in [0.2, 0.25) is 0 Å². The van der Waals surface area contributed by atoms with Crippen molar-refractivity contribution in [2.75, 3.05) is 7.11 Å². The van der Waals surface area contributed by atoms with Gasteiger partial charge in [0.15, 0.2) is 17.8 Å². The number of ether oxygens (including phenoxy) is 1. The molecule has 5 nitrogen and oxygen atoms in total. The van der Waals surface area contributed by atoms with Crippen LogP contribution in [0.5, 0.6) is 11.5 Å². The van der Waals surface area contributed by atoms with Crippen LogP contribution < -0.4 is 0 Å². The summed E-state index contributed by atoms with van der Waals surface area (Å²) in [5.41, 5.74) is 0.335. The second-order valence-corrected chi connectivity index (χ2v) is 4.18. The molecule has 1 aromatic carbocycles. The van der Waals surface area contributed by atoms with Crippen LogP contribution in [-0.2, 0) is 4.74 Å². The fraction of sp³-hybridized carbons (Fsp3) is 0.0909. The zero-order valence-corrected chi connectivity index (χ0v) is 9.58. The molecule has 2 rings (SSSR count). The normalized spacial score (nSPS) is 10.4. The number of benzene rings is 1. The molecule has 0 aliphatic rings. The van der Waals surface area contributed by atoms with Gasteiger partial charge in [-0.1, -0.05) is 0 Å². The lowest BCUT2D eigenvalue weighted by atomic mass is 10.1. The van der Waals surface area contributed by atoms with Crippen LogP contribution >= 0.6 is 11.3 Å². The molecule has 0 aliphatic heterocycles. The minimum absolute atomic E-state index is 0.136. The number of methoxy groups -OCH3 is 1. The maximum atomic E-state index is 11.5. The molecule has 0 aliphatic carbocycles. The van der Waals surface area contributed by atoms with E-state index in [-0.39, 0.29) is 21.6 Å². The summed E-state index contributed by atoms with van der Waals surface area (Å²) in [7, 11) is 1.23. The minimum atomic E-state index is -0.593. The summed E-state index contributed by atoms with van der Waals surface area (Å²) in [5.74, 6) is -1.33. The Hall–Kier alpha value is -2.08. The predicted molar refractivity (Wildman–Crippen MR) is 61.9 cm³/mol. The number of rotatable bonds is 2. The molecule has 0 saturated heterocycles. The van der Waals surface area contributed by atoms with Crippen molar-refractivity contribution in [3.05, 3.63) is 22.6 Å². The third-order valence-corrected chi connectivity index (χ3v) is 3.35. The lowest BCUT2D eigenvalue weighted by Gasteiger charge is -2.03. The Balaban J connectivity index is 2.87. The van der Waals surface area contributed by atoms with Gasteiger partial charge in [-0.3, -0.25) is 4.79 Å². The number of carbonyl (C=O) groups is 2. The third-order valence-electron chi connectivity index (χ3n) is 2.36. The van der Waals surface area contributed by atoms with Gasteiger partial charge in [-0.05, 0) is 6.07 Å². The topological polar surface area (TPSA) is 83.8 Å². The fourth-order valence-corrected chi connectivity index (χ4v) is 2.59. The first-order valence-electron chi connectivity index (χ1n) is 4.59. The van der Waals surface area contributed by atoms with Crippen molar-refractivity contribution >= 4 is 33.7 Å². The highest BCUT2D eigenvalue weighted by atomic mass is 32.1. The number of phenols is 2. The quantitative estimate of drug-likeness (QED) is 0.484. The average molecular weight is 252 g/mol. The Morgan fingerprint density at radius 1 is 1.47 bits per heavy atom. The number of hydrogen-bond donors (Lipinski definition) is 2. The molecule has 2 N–H and O–H groups in total. The lowest BCUT2D eigenvalue weighted by Crippen LogP contribution is -2.00. The number of phenolic OH excluding ortho intramolecular Hbond substituents is 2. The number of hydrogen-bond acceptors (Lipinski definition) is 6. The molecule has 0 bridgehead atoms. The van der Waals surface area contributed by atoms with E-state index in [2.05, 4.69) is 4.74 Å². The standard InChI is InChI=1S/C11H8O5S/c1-16-11(15)6-4-17-10-8(6)5(3-12)2-7(13)9(10)14/h2-4,13-14H,1H3. The second-order valence-electron chi connectivity index (χ2n) is 3.30. The Bertz CT molecular complexity index is 614. The summed E-state index contributed by atoms with van der Waals surface area (Å²) in [6.07, 6.45) is 0.515. The highest BCUT2D eigenvalue weighted by Crippen LogP contribution is 2.41. The van der Waals surface area contributed by atoms with Crippen molar-refractivity contribution < 1.29 is 24.5 Å². The van der Waals surface area contributed by atoms with Crippen LogP contribution in [0.25, 0.3) is 10.1 Å². The molecule has 2 aromatic rings. The molecule has 0 radical (unpaired) electrons. The van der Waals surface area contributed by atoms with Gasteiger partial charge in [-0.25, -0.2) is 4.79 Å². The highest BCUT2D eigenvalue weighted by Gasteiger charge is 2.20. The van der Waals surface area contributed by atoms with Crippen molar-refractivity contribution in [3.63, 3.8) is 0 Å². The van der Waals surface area contributed by atoms with Crippen LogP contribution in [-0.4, -0.2) is 29.6 Å². The molecule has 88 valence electrons. The first-order valence-corrected chi connectivity index (χ1v) is 5.47. The minimum Gasteiger partial charge on any atom is -0.504 e. The Morgan fingerprint density at radius 3 is 2.76 bits per heavy atom. The third kappa shape index (κ3) is 1.62. The summed E-state index contributed by atoms with van der Waals surface area (Å²) in [5, 5.41) is 20.8. The molecular formula is C11H8O5S. The number of esters is 1. The summed E-state index contributed by atoms with van der Waals surface area (Å²) in [6, 6.07) is 1.11. The maximum absolute atomic E-state index is 11.5. The van der Waals surface area contributed by atoms with Crippen LogP contribution in [0.3, 0.4) is 0 Å². The summed E-state index contributed by atoms with van der Waals surface area (Å²) < 4.78 is 4.86. The predicted octanol–water partition coefficient (Wildman–Crippen LogP) is 1.91. The molecule has 0 spiro atoms. The van der Waals surface area contributed by atoms with Crippen LogP contribution in [0.15, 0.2) is 11.4 Å². The monoisotopic (exact) mass is 252 g/mol. The molecule has 0 amide bonds. The smallest absolute Gasteiger partial charge is 0.339 e. The molecule has 0 fully saturated rings. The zero-order valence-electron chi connectivity index (χ0n) is 8.76. The maximum Gasteiger partial charge on any atom is 0.339 e. The van der Waals surface area contributed by atoms with E-state index in [9.17, 15) is 19.8 Å². The van der Waals surface area contributed by atoms with Gasteiger partial charge in [0.05, 0.1) is 17.4 Å². The van der Waals surface area contributed by atoms with Crippen molar-refractivity contribution in [3.8, 4) is 11.5 Å². The second kappa shape index (κ2) is 4.06. The van der Waals surface area contributed by atoms with Gasteiger partial charge in [-0.15, -0.1) is 11.3 Å². The van der Waals surface area contributed by atoms with Crippen molar-refractivity contribution in [2.24, 2.45) is 0 Å². The van der Waals surface area contributed by atoms with Crippen LogP contribution in [0.1, 0.15) is 20.7 Å². The van der Waals surface area contributed by atoms with Gasteiger partial charge in [0, 0.05) is 16.3 Å². The molecule has 0 unspecified atom stereocenters. The summed E-state index contributed by atoms with van der Waals surface area (Å²) in [6.45, 7) is 0. The lowest BCUT2D eigenvalue weighted by molar-refractivity contribution is 0.0603. The molecule has 6 heteroatoms. The van der Waals surface area contributed by atoms with Crippen LogP contribution in [0.4, 0.5) is 0 Å². The Labute approximate surface area is 99.9 Å². The molecule has 1 aromatic heterocycles. The number of aldehydes is 1. The number of carbonyl (C=O) groups excluding carboxylic acids is 2. The van der Waals surface area contributed by atoms with E-state index in [0.29, 0.717) is 11.7 Å². The fourth-order valence-electron chi connectivity index (χ4n) is 1.58. The first-order chi connectivity index (χ1) is 8.10. The molecule has 0 saturated carbocycles. The van der Waals surface area contributed by atoms with Gasteiger partial charge in [0.2, 0.25) is 0 Å². The molecule has 1 heterocycles. The van der Waals surface area contributed by atoms with Gasteiger partial charge in [0.25, 0.3) is 0 Å². The largest absolute Gasteiger partial charge is 0.504 e. The van der Waals surface area contributed by atoms with E-state index in [1.54, 1.807) is 0 Å². The van der Waals surface area contributed by atoms with Crippen molar-refractivity contribution in [1.82, 2.24) is 0 Å². The first kappa shape index (κ1) is 11.4. The molecule has 0 atom stereocenters. The van der Waals surface area contributed by atoms with Gasteiger partial charge < -0.3 is 14.9 Å². The number of aromatic hydroxyl groups is 2. The number of fused-ring (bicyclic) bond motifs is 1. The van der Waals surface area contributed by atoms with E-state index in [1.165, 1.54) is 12.5 Å².